The Hall–Kier alpha value is -1.95. The number of hydrogen-bond donors (Lipinski definition) is 1. The van der Waals surface area contributed by atoms with E-state index in [1.807, 2.05) is 30.9 Å². The summed E-state index contributed by atoms with van der Waals surface area (Å²) in [5.41, 5.74) is 6.97. The number of anilines is 2. The van der Waals surface area contributed by atoms with Crippen LogP contribution in [0.2, 0.25) is 0 Å². The molecular weight excluding hydrogens is 272 g/mol. The topological polar surface area (TPSA) is 74.0 Å². The maximum Gasteiger partial charge on any atom is 0.325 e. The van der Waals surface area contributed by atoms with Crippen LogP contribution in [-0.4, -0.2) is 45.0 Å². The van der Waals surface area contributed by atoms with Crippen molar-refractivity contribution in [2.75, 3.05) is 44.0 Å². The van der Waals surface area contributed by atoms with Gasteiger partial charge in [-0.05, 0) is 26.0 Å². The van der Waals surface area contributed by atoms with E-state index in [9.17, 15) is 4.79 Å². The summed E-state index contributed by atoms with van der Waals surface area (Å²) in [7, 11) is 1.56. The van der Waals surface area contributed by atoms with Gasteiger partial charge in [-0.15, -0.1) is 0 Å². The molecule has 6 nitrogen and oxygen atoms in total. The lowest BCUT2D eigenvalue weighted by atomic mass is 10.0. The predicted octanol–water partition coefficient (Wildman–Crippen LogP) is 1.44. The third kappa shape index (κ3) is 3.78. The molecule has 0 fully saturated rings. The Morgan fingerprint density at radius 2 is 2.19 bits per heavy atom. The number of methoxy groups -OCH3 is 1. The first-order chi connectivity index (χ1) is 9.93. The van der Waals surface area contributed by atoms with Crippen LogP contribution in [0.4, 0.5) is 11.4 Å². The van der Waals surface area contributed by atoms with E-state index in [1.54, 1.807) is 13.2 Å². The number of ether oxygens (including phenoxy) is 3. The van der Waals surface area contributed by atoms with Gasteiger partial charge >= 0.3 is 5.97 Å². The fraction of sp³-hybridized carbons (Fsp3) is 0.533. The molecule has 0 spiro atoms. The largest absolute Gasteiger partial charge is 0.484 e. The van der Waals surface area contributed by atoms with Gasteiger partial charge in [-0.1, -0.05) is 6.07 Å². The summed E-state index contributed by atoms with van der Waals surface area (Å²) in [5.74, 6) is 0.384. The molecule has 6 heteroatoms. The SMILES string of the molecule is COCCOC(=O)CN1CC(C)(C)Oc2cccc(N)c21. The van der Waals surface area contributed by atoms with Crippen LogP contribution in [0.5, 0.6) is 5.75 Å². The van der Waals surface area contributed by atoms with Gasteiger partial charge in [0, 0.05) is 7.11 Å². The van der Waals surface area contributed by atoms with Crippen molar-refractivity contribution < 1.29 is 19.0 Å². The van der Waals surface area contributed by atoms with Gasteiger partial charge < -0.3 is 24.8 Å². The molecule has 0 radical (unpaired) electrons. The molecule has 2 N–H and O–H groups in total. The number of hydrogen-bond acceptors (Lipinski definition) is 6. The number of rotatable bonds is 5. The molecule has 0 saturated heterocycles. The lowest BCUT2D eigenvalue weighted by Crippen LogP contribution is -2.49. The Balaban J connectivity index is 2.14. The van der Waals surface area contributed by atoms with Gasteiger partial charge in [0.15, 0.2) is 0 Å². The van der Waals surface area contributed by atoms with E-state index in [4.69, 9.17) is 19.9 Å². The minimum atomic E-state index is -0.395. The standard InChI is InChI=1S/C15H22N2O4/c1-15(2)10-17(9-13(18)20-8-7-19-3)14-11(16)5-4-6-12(14)21-15/h4-6H,7-10,16H2,1-3H3. The Kier molecular flexibility index (Phi) is 4.57. The van der Waals surface area contributed by atoms with Crippen LogP contribution in [0.3, 0.4) is 0 Å². The molecule has 1 heterocycles. The first-order valence-corrected chi connectivity index (χ1v) is 6.90. The second-order valence-corrected chi connectivity index (χ2v) is 5.63. The minimum absolute atomic E-state index is 0.137. The highest BCUT2D eigenvalue weighted by Gasteiger charge is 2.33. The molecule has 1 aliphatic heterocycles. The second-order valence-electron chi connectivity index (χ2n) is 5.63. The quantitative estimate of drug-likeness (QED) is 0.503. The number of benzene rings is 1. The summed E-state index contributed by atoms with van der Waals surface area (Å²) < 4.78 is 15.9. The third-order valence-electron chi connectivity index (χ3n) is 3.17. The average Bonchev–Trinajstić information content (AvgIpc) is 2.37. The molecule has 0 saturated carbocycles. The van der Waals surface area contributed by atoms with Crippen LogP contribution in [0.15, 0.2) is 18.2 Å². The van der Waals surface area contributed by atoms with Crippen molar-refractivity contribution >= 4 is 17.3 Å². The number of nitrogens with zero attached hydrogens (tertiary/aromatic N) is 1. The molecule has 0 aromatic heterocycles. The van der Waals surface area contributed by atoms with E-state index >= 15 is 0 Å². The van der Waals surface area contributed by atoms with Crippen molar-refractivity contribution in [1.29, 1.82) is 0 Å². The van der Waals surface area contributed by atoms with Gasteiger partial charge in [-0.25, -0.2) is 0 Å². The molecule has 116 valence electrons. The predicted molar refractivity (Wildman–Crippen MR) is 80.6 cm³/mol. The molecule has 2 rings (SSSR count). The monoisotopic (exact) mass is 294 g/mol. The third-order valence-corrected chi connectivity index (χ3v) is 3.17. The van der Waals surface area contributed by atoms with Crippen molar-refractivity contribution in [1.82, 2.24) is 0 Å². The van der Waals surface area contributed by atoms with Crippen LogP contribution in [0.1, 0.15) is 13.8 Å². The van der Waals surface area contributed by atoms with Crippen LogP contribution < -0.4 is 15.4 Å². The second kappa shape index (κ2) is 6.22. The van der Waals surface area contributed by atoms with Crippen molar-refractivity contribution in [2.24, 2.45) is 0 Å². The summed E-state index contributed by atoms with van der Waals surface area (Å²) in [5, 5.41) is 0. The van der Waals surface area contributed by atoms with E-state index in [0.717, 1.165) is 5.69 Å². The Morgan fingerprint density at radius 3 is 2.90 bits per heavy atom. The molecule has 0 unspecified atom stereocenters. The number of para-hydroxylation sites is 1. The maximum absolute atomic E-state index is 11.9. The van der Waals surface area contributed by atoms with E-state index < -0.39 is 5.60 Å². The molecule has 21 heavy (non-hydrogen) atoms. The summed E-state index contributed by atoms with van der Waals surface area (Å²) >= 11 is 0. The van der Waals surface area contributed by atoms with E-state index in [-0.39, 0.29) is 19.1 Å². The first-order valence-electron chi connectivity index (χ1n) is 6.90. The van der Waals surface area contributed by atoms with E-state index in [0.29, 0.717) is 24.6 Å². The van der Waals surface area contributed by atoms with Gasteiger partial charge in [0.05, 0.1) is 18.8 Å². The van der Waals surface area contributed by atoms with Crippen LogP contribution >= 0.6 is 0 Å². The molecule has 0 atom stereocenters. The Morgan fingerprint density at radius 1 is 1.43 bits per heavy atom. The first kappa shape index (κ1) is 15.4. The molecular formula is C15H22N2O4. The lowest BCUT2D eigenvalue weighted by molar-refractivity contribution is -0.143. The van der Waals surface area contributed by atoms with Gasteiger partial charge in [0.1, 0.15) is 30.2 Å². The summed E-state index contributed by atoms with van der Waals surface area (Å²) in [4.78, 5) is 13.8. The number of nitrogen functional groups attached to an aromatic ring is 1. The average molecular weight is 294 g/mol. The molecule has 1 aromatic carbocycles. The van der Waals surface area contributed by atoms with Crippen molar-refractivity contribution in [2.45, 2.75) is 19.4 Å². The highest BCUT2D eigenvalue weighted by atomic mass is 16.6. The maximum atomic E-state index is 11.9. The van der Waals surface area contributed by atoms with Crippen molar-refractivity contribution in [3.05, 3.63) is 18.2 Å². The Bertz CT molecular complexity index is 516. The highest BCUT2D eigenvalue weighted by Crippen LogP contribution is 2.40. The fourth-order valence-corrected chi connectivity index (χ4v) is 2.40. The van der Waals surface area contributed by atoms with E-state index in [1.165, 1.54) is 0 Å². The highest BCUT2D eigenvalue weighted by molar-refractivity contribution is 5.82. The summed E-state index contributed by atoms with van der Waals surface area (Å²) in [6.45, 7) is 5.29. The van der Waals surface area contributed by atoms with Crippen molar-refractivity contribution in [3.63, 3.8) is 0 Å². The van der Waals surface area contributed by atoms with E-state index in [2.05, 4.69) is 0 Å². The molecule has 1 aliphatic rings. The smallest absolute Gasteiger partial charge is 0.325 e. The summed E-state index contributed by atoms with van der Waals surface area (Å²) in [6, 6.07) is 5.49. The van der Waals surface area contributed by atoms with Gasteiger partial charge in [0.2, 0.25) is 0 Å². The number of esters is 1. The molecule has 0 bridgehead atoms. The number of fused-ring (bicyclic) bond motifs is 1. The fourth-order valence-electron chi connectivity index (χ4n) is 2.40. The zero-order chi connectivity index (χ0) is 15.5. The Labute approximate surface area is 124 Å². The van der Waals surface area contributed by atoms with Crippen molar-refractivity contribution in [3.8, 4) is 5.75 Å². The van der Waals surface area contributed by atoms with Gasteiger partial charge in [0.25, 0.3) is 0 Å². The summed E-state index contributed by atoms with van der Waals surface area (Å²) in [6.07, 6.45) is 0. The zero-order valence-corrected chi connectivity index (χ0v) is 12.7. The van der Waals surface area contributed by atoms with Crippen LogP contribution in [0.25, 0.3) is 0 Å². The lowest BCUT2D eigenvalue weighted by Gasteiger charge is -2.40. The molecule has 1 aromatic rings. The van der Waals surface area contributed by atoms with Crippen LogP contribution in [0, 0.1) is 0 Å². The van der Waals surface area contributed by atoms with Crippen LogP contribution in [-0.2, 0) is 14.3 Å². The zero-order valence-electron chi connectivity index (χ0n) is 12.7. The number of nitrogens with two attached hydrogens (primary N) is 1. The molecule has 0 amide bonds. The number of carbonyl (C=O) groups excluding carboxylic acids is 1. The van der Waals surface area contributed by atoms with Gasteiger partial charge in [-0.3, -0.25) is 4.79 Å². The minimum Gasteiger partial charge on any atom is -0.484 e. The molecule has 0 aliphatic carbocycles. The van der Waals surface area contributed by atoms with Gasteiger partial charge in [-0.2, -0.15) is 0 Å². The normalized spacial score (nSPS) is 16.0. The number of carbonyl (C=O) groups is 1.